The molecule has 0 radical (unpaired) electrons. The van der Waals surface area contributed by atoms with E-state index in [1.165, 1.54) is 0 Å². The van der Waals surface area contributed by atoms with Gasteiger partial charge in [0.1, 0.15) is 5.60 Å². The number of benzene rings is 1. The van der Waals surface area contributed by atoms with Crippen molar-refractivity contribution in [2.45, 2.75) is 52.1 Å². The van der Waals surface area contributed by atoms with Gasteiger partial charge in [0.15, 0.2) is 0 Å². The number of ether oxygens (including phenoxy) is 1. The maximum Gasteiger partial charge on any atom is 0.410 e. The molecule has 0 spiro atoms. The van der Waals surface area contributed by atoms with Crippen molar-refractivity contribution in [3.63, 3.8) is 0 Å². The molecule has 2 rings (SSSR count). The molecule has 1 heterocycles. The lowest BCUT2D eigenvalue weighted by Gasteiger charge is -2.35. The van der Waals surface area contributed by atoms with E-state index >= 15 is 0 Å². The lowest BCUT2D eigenvalue weighted by molar-refractivity contribution is -0.140. The molecule has 24 heavy (non-hydrogen) atoms. The van der Waals surface area contributed by atoms with E-state index in [0.717, 1.165) is 11.1 Å². The van der Waals surface area contributed by atoms with Crippen LogP contribution in [0.1, 0.15) is 50.7 Å². The van der Waals surface area contributed by atoms with E-state index in [-0.39, 0.29) is 12.0 Å². The number of piperidine rings is 1. The fourth-order valence-electron chi connectivity index (χ4n) is 3.13. The Balaban J connectivity index is 2.02. The SMILES string of the molecule is Cc1ccc(C(C(=O)O)C2CCN(C(=O)OC(C)(C)C)CC2)cc1. The first-order chi connectivity index (χ1) is 11.2. The fraction of sp³-hybridized carbons (Fsp3) is 0.579. The summed E-state index contributed by atoms with van der Waals surface area (Å²) in [5.41, 5.74) is 1.44. The van der Waals surface area contributed by atoms with E-state index in [4.69, 9.17) is 4.74 Å². The molecule has 132 valence electrons. The van der Waals surface area contributed by atoms with Crippen molar-refractivity contribution in [2.24, 2.45) is 5.92 Å². The van der Waals surface area contributed by atoms with E-state index in [9.17, 15) is 14.7 Å². The minimum atomic E-state index is -0.797. The third kappa shape index (κ3) is 4.73. The smallest absolute Gasteiger partial charge is 0.410 e. The van der Waals surface area contributed by atoms with E-state index in [1.807, 2.05) is 52.0 Å². The second-order valence-corrected chi connectivity index (χ2v) is 7.53. The molecule has 1 fully saturated rings. The van der Waals surface area contributed by atoms with Gasteiger partial charge in [-0.05, 0) is 52.0 Å². The Morgan fingerprint density at radius 1 is 1.17 bits per heavy atom. The Kier molecular flexibility index (Phi) is 5.52. The summed E-state index contributed by atoms with van der Waals surface area (Å²) >= 11 is 0. The second kappa shape index (κ2) is 7.24. The van der Waals surface area contributed by atoms with Gasteiger partial charge < -0.3 is 14.7 Å². The van der Waals surface area contributed by atoms with Crippen LogP contribution in [0.15, 0.2) is 24.3 Å². The molecule has 0 aromatic heterocycles. The molecular weight excluding hydrogens is 306 g/mol. The third-order valence-electron chi connectivity index (χ3n) is 4.37. The lowest BCUT2D eigenvalue weighted by Crippen LogP contribution is -2.43. The first-order valence-electron chi connectivity index (χ1n) is 8.44. The van der Waals surface area contributed by atoms with Gasteiger partial charge in [0.2, 0.25) is 0 Å². The van der Waals surface area contributed by atoms with Crippen LogP contribution in [-0.2, 0) is 9.53 Å². The summed E-state index contributed by atoms with van der Waals surface area (Å²) in [6.45, 7) is 8.59. The molecular formula is C19H27NO4. The average molecular weight is 333 g/mol. The number of aliphatic carboxylic acids is 1. The third-order valence-corrected chi connectivity index (χ3v) is 4.37. The first kappa shape index (κ1) is 18.3. The molecule has 1 N–H and O–H groups in total. The summed E-state index contributed by atoms with van der Waals surface area (Å²) in [7, 11) is 0. The second-order valence-electron chi connectivity index (χ2n) is 7.53. The zero-order chi connectivity index (χ0) is 17.9. The number of carboxylic acids is 1. The number of hydrogen-bond donors (Lipinski definition) is 1. The highest BCUT2D eigenvalue weighted by atomic mass is 16.6. The summed E-state index contributed by atoms with van der Waals surface area (Å²) < 4.78 is 5.39. The zero-order valence-corrected chi connectivity index (χ0v) is 14.9. The van der Waals surface area contributed by atoms with Crippen LogP contribution in [0.5, 0.6) is 0 Å². The predicted octanol–water partition coefficient (Wildman–Crippen LogP) is 3.81. The largest absolute Gasteiger partial charge is 0.481 e. The highest BCUT2D eigenvalue weighted by Crippen LogP contribution is 2.33. The van der Waals surface area contributed by atoms with Crippen molar-refractivity contribution in [1.82, 2.24) is 4.90 Å². The van der Waals surface area contributed by atoms with Crippen LogP contribution in [0.25, 0.3) is 0 Å². The number of nitrogens with zero attached hydrogens (tertiary/aromatic N) is 1. The van der Waals surface area contributed by atoms with E-state index in [0.29, 0.717) is 25.9 Å². The molecule has 0 aliphatic carbocycles. The first-order valence-corrected chi connectivity index (χ1v) is 8.44. The molecule has 1 aliphatic heterocycles. The number of hydrogen-bond acceptors (Lipinski definition) is 3. The molecule has 5 heteroatoms. The monoisotopic (exact) mass is 333 g/mol. The molecule has 1 aromatic carbocycles. The quantitative estimate of drug-likeness (QED) is 0.913. The Morgan fingerprint density at radius 3 is 2.17 bits per heavy atom. The standard InChI is InChI=1S/C19H27NO4/c1-13-5-7-14(8-6-13)16(17(21)22)15-9-11-20(12-10-15)18(23)24-19(2,3)4/h5-8,15-16H,9-12H2,1-4H3,(H,21,22). The van der Waals surface area contributed by atoms with Crippen molar-refractivity contribution in [2.75, 3.05) is 13.1 Å². The Morgan fingerprint density at radius 2 is 1.71 bits per heavy atom. The number of carboxylic acid groups (broad SMARTS) is 1. The Hall–Kier alpha value is -2.04. The summed E-state index contributed by atoms with van der Waals surface area (Å²) in [4.78, 5) is 25.6. The maximum absolute atomic E-state index is 12.1. The number of carbonyl (C=O) groups excluding carboxylic acids is 1. The average Bonchev–Trinajstić information content (AvgIpc) is 2.48. The van der Waals surface area contributed by atoms with Gasteiger partial charge >= 0.3 is 12.1 Å². The van der Waals surface area contributed by atoms with Crippen molar-refractivity contribution in [3.8, 4) is 0 Å². The van der Waals surface area contributed by atoms with Crippen LogP contribution in [0.2, 0.25) is 0 Å². The summed E-state index contributed by atoms with van der Waals surface area (Å²) in [5.74, 6) is -1.29. The van der Waals surface area contributed by atoms with Gasteiger partial charge in [-0.1, -0.05) is 29.8 Å². The van der Waals surface area contributed by atoms with Crippen molar-refractivity contribution in [1.29, 1.82) is 0 Å². The highest BCUT2D eigenvalue weighted by molar-refractivity contribution is 5.76. The molecule has 1 amide bonds. The van der Waals surface area contributed by atoms with Gasteiger partial charge in [-0.15, -0.1) is 0 Å². The number of rotatable bonds is 3. The van der Waals surface area contributed by atoms with Gasteiger partial charge in [-0.2, -0.15) is 0 Å². The molecule has 1 saturated heterocycles. The Labute approximate surface area is 143 Å². The Bertz CT molecular complexity index is 580. The van der Waals surface area contributed by atoms with Gasteiger partial charge in [0.05, 0.1) is 5.92 Å². The van der Waals surface area contributed by atoms with Crippen LogP contribution < -0.4 is 0 Å². The van der Waals surface area contributed by atoms with E-state index in [2.05, 4.69) is 0 Å². The minimum absolute atomic E-state index is 0.0314. The molecule has 0 saturated carbocycles. The molecule has 5 nitrogen and oxygen atoms in total. The van der Waals surface area contributed by atoms with Crippen molar-refractivity contribution >= 4 is 12.1 Å². The molecule has 1 aliphatic rings. The summed E-state index contributed by atoms with van der Waals surface area (Å²) in [6, 6.07) is 7.69. The van der Waals surface area contributed by atoms with Crippen LogP contribution in [0, 0.1) is 12.8 Å². The normalized spacial score (nSPS) is 17.4. The van der Waals surface area contributed by atoms with Gasteiger partial charge in [-0.25, -0.2) is 4.79 Å². The van der Waals surface area contributed by atoms with Crippen molar-refractivity contribution in [3.05, 3.63) is 35.4 Å². The van der Waals surface area contributed by atoms with Gasteiger partial charge in [-0.3, -0.25) is 4.79 Å². The maximum atomic E-state index is 12.1. The minimum Gasteiger partial charge on any atom is -0.481 e. The zero-order valence-electron chi connectivity index (χ0n) is 14.9. The van der Waals surface area contributed by atoms with E-state index in [1.54, 1.807) is 4.90 Å². The van der Waals surface area contributed by atoms with Crippen LogP contribution in [-0.4, -0.2) is 40.8 Å². The lowest BCUT2D eigenvalue weighted by atomic mass is 9.80. The predicted molar refractivity (Wildman–Crippen MR) is 92.1 cm³/mol. The van der Waals surface area contributed by atoms with Gasteiger partial charge in [0.25, 0.3) is 0 Å². The number of amides is 1. The number of aryl methyl sites for hydroxylation is 1. The summed E-state index contributed by atoms with van der Waals surface area (Å²) in [5, 5.41) is 9.67. The topological polar surface area (TPSA) is 66.8 Å². The van der Waals surface area contributed by atoms with Crippen LogP contribution >= 0.6 is 0 Å². The van der Waals surface area contributed by atoms with Crippen molar-refractivity contribution < 1.29 is 19.4 Å². The number of likely N-dealkylation sites (tertiary alicyclic amines) is 1. The molecule has 0 bridgehead atoms. The number of carbonyl (C=O) groups is 2. The van der Waals surface area contributed by atoms with Crippen LogP contribution in [0.4, 0.5) is 4.79 Å². The van der Waals surface area contributed by atoms with Gasteiger partial charge in [0, 0.05) is 13.1 Å². The molecule has 1 unspecified atom stereocenters. The summed E-state index contributed by atoms with van der Waals surface area (Å²) in [6.07, 6.45) is 1.02. The molecule has 1 aromatic rings. The van der Waals surface area contributed by atoms with E-state index < -0.39 is 17.5 Å². The van der Waals surface area contributed by atoms with Crippen LogP contribution in [0.3, 0.4) is 0 Å². The fourth-order valence-corrected chi connectivity index (χ4v) is 3.13. The molecule has 1 atom stereocenters. The highest BCUT2D eigenvalue weighted by Gasteiger charge is 2.34.